The van der Waals surface area contributed by atoms with Crippen molar-refractivity contribution in [3.8, 4) is 5.75 Å². The van der Waals surface area contributed by atoms with Crippen molar-refractivity contribution < 1.29 is 29.3 Å². The molecule has 0 atom stereocenters. The fourth-order valence-corrected chi connectivity index (χ4v) is 1.16. The molecule has 0 bridgehead atoms. The van der Waals surface area contributed by atoms with E-state index in [2.05, 4.69) is 5.32 Å². The zero-order valence-corrected chi connectivity index (χ0v) is 11.3. The summed E-state index contributed by atoms with van der Waals surface area (Å²) in [4.78, 5) is 29.7. The lowest BCUT2D eigenvalue weighted by atomic mass is 10.1. The number of carboxylic acid groups (broad SMARTS) is 2. The van der Waals surface area contributed by atoms with Gasteiger partial charge in [-0.05, 0) is 31.3 Å². The number of carbonyl (C=O) groups is 3. The van der Waals surface area contributed by atoms with Gasteiger partial charge >= 0.3 is 11.9 Å². The number of Topliss-reactive ketones (excluding diaryl/α,β-unsaturated/α-hetero) is 1. The fraction of sp³-hybridized carbons (Fsp3) is 0.308. The molecule has 0 fully saturated rings. The van der Waals surface area contributed by atoms with Crippen LogP contribution in [0.15, 0.2) is 24.3 Å². The summed E-state index contributed by atoms with van der Waals surface area (Å²) in [6, 6.07) is 7.17. The van der Waals surface area contributed by atoms with Gasteiger partial charge in [0.1, 0.15) is 5.75 Å². The Morgan fingerprint density at radius 1 is 1.10 bits per heavy atom. The fourth-order valence-electron chi connectivity index (χ4n) is 1.16. The molecular formula is C13H17NO6. The summed E-state index contributed by atoms with van der Waals surface area (Å²) < 4.78 is 5.01. The molecule has 0 aromatic heterocycles. The van der Waals surface area contributed by atoms with Crippen LogP contribution in [0.25, 0.3) is 0 Å². The summed E-state index contributed by atoms with van der Waals surface area (Å²) in [6.45, 7) is 0.713. The van der Waals surface area contributed by atoms with E-state index in [1.165, 1.54) is 0 Å². The van der Waals surface area contributed by atoms with Gasteiger partial charge in [0, 0.05) is 18.5 Å². The van der Waals surface area contributed by atoms with Crippen molar-refractivity contribution in [2.45, 2.75) is 6.42 Å². The summed E-state index contributed by atoms with van der Waals surface area (Å²) in [7, 11) is 3.44. The second-order valence-corrected chi connectivity index (χ2v) is 3.62. The van der Waals surface area contributed by atoms with E-state index in [-0.39, 0.29) is 5.78 Å². The molecule has 1 aromatic carbocycles. The third kappa shape index (κ3) is 7.12. The van der Waals surface area contributed by atoms with E-state index < -0.39 is 11.9 Å². The molecule has 3 N–H and O–H groups in total. The highest BCUT2D eigenvalue weighted by Crippen LogP contribution is 2.12. The van der Waals surface area contributed by atoms with Crippen molar-refractivity contribution in [2.75, 3.05) is 20.7 Å². The van der Waals surface area contributed by atoms with Crippen LogP contribution in [0.1, 0.15) is 16.8 Å². The van der Waals surface area contributed by atoms with Gasteiger partial charge in [0.25, 0.3) is 0 Å². The molecule has 0 saturated carbocycles. The molecular weight excluding hydrogens is 266 g/mol. The van der Waals surface area contributed by atoms with Gasteiger partial charge in [0.05, 0.1) is 7.11 Å². The smallest absolute Gasteiger partial charge is 0.414 e. The molecule has 1 rings (SSSR count). The van der Waals surface area contributed by atoms with Crippen molar-refractivity contribution in [2.24, 2.45) is 0 Å². The maximum absolute atomic E-state index is 11.5. The van der Waals surface area contributed by atoms with Crippen LogP contribution in [0, 0.1) is 0 Å². The van der Waals surface area contributed by atoms with Crippen LogP contribution in [-0.2, 0) is 9.59 Å². The molecule has 20 heavy (non-hydrogen) atoms. The number of carboxylic acids is 2. The summed E-state index contributed by atoms with van der Waals surface area (Å²) >= 11 is 0. The van der Waals surface area contributed by atoms with E-state index in [9.17, 15) is 4.79 Å². The molecule has 0 aliphatic rings. The molecule has 110 valence electrons. The van der Waals surface area contributed by atoms with Gasteiger partial charge in [-0.15, -0.1) is 0 Å². The lowest BCUT2D eigenvalue weighted by Gasteiger charge is -2.02. The molecule has 7 heteroatoms. The topological polar surface area (TPSA) is 113 Å². The molecule has 0 heterocycles. The van der Waals surface area contributed by atoms with Crippen LogP contribution in [0.2, 0.25) is 0 Å². The maximum atomic E-state index is 11.5. The molecule has 0 unspecified atom stereocenters. The number of hydrogen-bond acceptors (Lipinski definition) is 5. The monoisotopic (exact) mass is 283 g/mol. The predicted octanol–water partition coefficient (Wildman–Crippen LogP) is 0.643. The minimum absolute atomic E-state index is 0.155. The Bertz CT molecular complexity index is 442. The first kappa shape index (κ1) is 17.6. The largest absolute Gasteiger partial charge is 0.497 e. The van der Waals surface area contributed by atoms with Gasteiger partial charge in [-0.25, -0.2) is 9.59 Å². The zero-order valence-electron chi connectivity index (χ0n) is 11.3. The third-order valence-corrected chi connectivity index (χ3v) is 2.20. The van der Waals surface area contributed by atoms with Crippen LogP contribution >= 0.6 is 0 Å². The number of nitrogens with one attached hydrogen (secondary N) is 1. The number of ether oxygens (including phenoxy) is 1. The van der Waals surface area contributed by atoms with Crippen molar-refractivity contribution in [1.82, 2.24) is 5.32 Å². The maximum Gasteiger partial charge on any atom is 0.414 e. The SMILES string of the molecule is CNCCC(=O)c1ccc(OC)cc1.O=C(O)C(=O)O. The number of methoxy groups -OCH3 is 1. The van der Waals surface area contributed by atoms with Crippen molar-refractivity contribution >= 4 is 17.7 Å². The zero-order chi connectivity index (χ0) is 15.5. The highest BCUT2D eigenvalue weighted by molar-refractivity contribution is 6.27. The van der Waals surface area contributed by atoms with Gasteiger partial charge in [0.2, 0.25) is 0 Å². The highest BCUT2D eigenvalue weighted by Gasteiger charge is 2.04. The number of hydrogen-bond donors (Lipinski definition) is 3. The molecule has 0 amide bonds. The Labute approximate surface area is 116 Å². The van der Waals surface area contributed by atoms with Crippen molar-refractivity contribution in [3.63, 3.8) is 0 Å². The minimum Gasteiger partial charge on any atom is -0.497 e. The van der Waals surface area contributed by atoms with Gasteiger partial charge in [0.15, 0.2) is 5.78 Å². The van der Waals surface area contributed by atoms with Gasteiger partial charge < -0.3 is 20.3 Å². The Kier molecular flexibility index (Phi) is 8.36. The van der Waals surface area contributed by atoms with Crippen molar-refractivity contribution in [1.29, 1.82) is 0 Å². The van der Waals surface area contributed by atoms with Gasteiger partial charge in [-0.3, -0.25) is 4.79 Å². The number of rotatable bonds is 5. The lowest BCUT2D eigenvalue weighted by molar-refractivity contribution is -0.159. The standard InChI is InChI=1S/C11H15NO2.C2H2O4/c1-12-8-7-11(13)9-3-5-10(14-2)6-4-9;3-1(4)2(5)6/h3-6,12H,7-8H2,1-2H3;(H,3,4)(H,5,6). The molecule has 1 aromatic rings. The lowest BCUT2D eigenvalue weighted by Crippen LogP contribution is -2.12. The normalized spacial score (nSPS) is 9.10. The number of benzene rings is 1. The average molecular weight is 283 g/mol. The summed E-state index contributed by atoms with van der Waals surface area (Å²) in [5, 5.41) is 17.7. The first-order valence-corrected chi connectivity index (χ1v) is 5.70. The number of carbonyl (C=O) groups excluding carboxylic acids is 1. The van der Waals surface area contributed by atoms with E-state index in [0.29, 0.717) is 13.0 Å². The van der Waals surface area contributed by atoms with Crippen LogP contribution in [0.5, 0.6) is 5.75 Å². The van der Waals surface area contributed by atoms with E-state index in [0.717, 1.165) is 11.3 Å². The highest BCUT2D eigenvalue weighted by atomic mass is 16.5. The first-order valence-electron chi connectivity index (χ1n) is 5.70. The van der Waals surface area contributed by atoms with Gasteiger partial charge in [-0.1, -0.05) is 0 Å². The van der Waals surface area contributed by atoms with Crippen LogP contribution < -0.4 is 10.1 Å². The average Bonchev–Trinajstić information content (AvgIpc) is 2.45. The van der Waals surface area contributed by atoms with Gasteiger partial charge in [-0.2, -0.15) is 0 Å². The van der Waals surface area contributed by atoms with Crippen LogP contribution in [0.3, 0.4) is 0 Å². The predicted molar refractivity (Wildman–Crippen MR) is 71.1 cm³/mol. The molecule has 0 aliphatic heterocycles. The number of ketones is 1. The Morgan fingerprint density at radius 3 is 1.95 bits per heavy atom. The second kappa shape index (κ2) is 9.51. The molecule has 0 aliphatic carbocycles. The van der Waals surface area contributed by atoms with Crippen molar-refractivity contribution in [3.05, 3.63) is 29.8 Å². The molecule has 7 nitrogen and oxygen atoms in total. The van der Waals surface area contributed by atoms with Crippen LogP contribution in [-0.4, -0.2) is 48.6 Å². The van der Waals surface area contributed by atoms with E-state index >= 15 is 0 Å². The van der Waals surface area contributed by atoms with E-state index in [1.54, 1.807) is 31.4 Å². The molecule has 0 saturated heterocycles. The number of aliphatic carboxylic acids is 2. The summed E-state index contributed by atoms with van der Waals surface area (Å²) in [6.07, 6.45) is 0.531. The summed E-state index contributed by atoms with van der Waals surface area (Å²) in [5.74, 6) is -2.72. The quantitative estimate of drug-likeness (QED) is 0.537. The molecule has 0 radical (unpaired) electrons. The Morgan fingerprint density at radius 2 is 1.60 bits per heavy atom. The second-order valence-electron chi connectivity index (χ2n) is 3.62. The van der Waals surface area contributed by atoms with E-state index in [4.69, 9.17) is 24.5 Å². The Hall–Kier alpha value is -2.41. The minimum atomic E-state index is -1.82. The van der Waals surface area contributed by atoms with E-state index in [1.807, 2.05) is 7.05 Å². The Balaban J connectivity index is 0.000000511. The third-order valence-electron chi connectivity index (χ3n) is 2.20. The first-order chi connectivity index (χ1) is 9.42. The summed E-state index contributed by atoms with van der Waals surface area (Å²) in [5.41, 5.74) is 0.737. The van der Waals surface area contributed by atoms with Crippen LogP contribution in [0.4, 0.5) is 0 Å². The molecule has 0 spiro atoms.